The van der Waals surface area contributed by atoms with Crippen LogP contribution in [-0.4, -0.2) is 77.0 Å². The molecule has 0 aromatic carbocycles. The summed E-state index contributed by atoms with van der Waals surface area (Å²) in [6, 6.07) is 0. The quantitative estimate of drug-likeness (QED) is 0.503. The third kappa shape index (κ3) is 8.43. The van der Waals surface area contributed by atoms with Gasteiger partial charge in [-0.15, -0.1) is 0 Å². The molecule has 0 spiro atoms. The smallest absolute Gasteiger partial charge is 0.331 e. The zero-order valence-corrected chi connectivity index (χ0v) is 15.0. The van der Waals surface area contributed by atoms with E-state index in [1.54, 1.807) is 0 Å². The molecular formula is C11H27NO7P2. The Morgan fingerprint density at radius 3 is 1.48 bits per heavy atom. The minimum Gasteiger partial charge on any atom is -0.396 e. The number of hydrogen-bond acceptors (Lipinski definition) is 8. The Hall–Kier alpha value is 0.220. The summed E-state index contributed by atoms with van der Waals surface area (Å²) in [5, 5.41) is 8.92. The van der Waals surface area contributed by atoms with E-state index < -0.39 is 15.2 Å². The van der Waals surface area contributed by atoms with Crippen molar-refractivity contribution in [2.75, 3.05) is 67.0 Å². The van der Waals surface area contributed by atoms with Crippen LogP contribution in [0.5, 0.6) is 0 Å². The van der Waals surface area contributed by atoms with Crippen molar-refractivity contribution < 1.29 is 32.3 Å². The molecule has 0 bridgehead atoms. The first-order valence-corrected chi connectivity index (χ1v) is 10.1. The molecule has 10 heteroatoms. The first-order chi connectivity index (χ1) is 9.88. The highest BCUT2D eigenvalue weighted by atomic mass is 31.2. The van der Waals surface area contributed by atoms with Gasteiger partial charge in [-0.2, -0.15) is 0 Å². The molecule has 21 heavy (non-hydrogen) atoms. The zero-order valence-electron chi connectivity index (χ0n) is 13.2. The van der Waals surface area contributed by atoms with E-state index in [0.717, 1.165) is 0 Å². The lowest BCUT2D eigenvalue weighted by Crippen LogP contribution is -2.31. The second kappa shape index (κ2) is 10.9. The summed E-state index contributed by atoms with van der Waals surface area (Å²) < 4.78 is 43.6. The van der Waals surface area contributed by atoms with E-state index in [1.165, 1.54) is 28.4 Å². The van der Waals surface area contributed by atoms with Gasteiger partial charge in [0.05, 0.1) is 12.3 Å². The van der Waals surface area contributed by atoms with E-state index in [9.17, 15) is 9.13 Å². The molecule has 0 rings (SSSR count). The first kappa shape index (κ1) is 21.2. The molecule has 0 atom stereocenters. The van der Waals surface area contributed by atoms with Gasteiger partial charge in [0.1, 0.15) is 0 Å². The molecule has 0 amide bonds. The van der Waals surface area contributed by atoms with Crippen LogP contribution < -0.4 is 0 Å². The van der Waals surface area contributed by atoms with Crippen molar-refractivity contribution in [2.24, 2.45) is 0 Å². The standard InChI is InChI=1S/C11H27NO7P2/c1-16-20(14,17-2)10-7-12(6-5-9-13)8-11-21(15,18-3)19-4/h13H,5-11H2,1-4H3. The van der Waals surface area contributed by atoms with Crippen LogP contribution >= 0.6 is 15.2 Å². The maximum absolute atomic E-state index is 12.0. The molecule has 0 radical (unpaired) electrons. The molecule has 0 aliphatic carbocycles. The van der Waals surface area contributed by atoms with Gasteiger partial charge in [0.25, 0.3) is 0 Å². The molecule has 8 nitrogen and oxygen atoms in total. The molecule has 0 saturated heterocycles. The monoisotopic (exact) mass is 347 g/mol. The van der Waals surface area contributed by atoms with Crippen LogP contribution in [0.3, 0.4) is 0 Å². The molecule has 0 aliphatic rings. The van der Waals surface area contributed by atoms with Crippen molar-refractivity contribution in [2.45, 2.75) is 6.42 Å². The number of aliphatic hydroxyl groups is 1. The minimum atomic E-state index is -3.08. The molecular weight excluding hydrogens is 320 g/mol. The van der Waals surface area contributed by atoms with E-state index in [4.69, 9.17) is 23.2 Å². The molecule has 0 aliphatic heterocycles. The topological polar surface area (TPSA) is 94.5 Å². The molecule has 128 valence electrons. The minimum absolute atomic E-state index is 0.0505. The van der Waals surface area contributed by atoms with Gasteiger partial charge in [-0.25, -0.2) is 0 Å². The van der Waals surface area contributed by atoms with Crippen LogP contribution in [0.4, 0.5) is 0 Å². The summed E-state index contributed by atoms with van der Waals surface area (Å²) in [7, 11) is -0.804. The Kier molecular flexibility index (Phi) is 11.0. The first-order valence-electron chi connectivity index (χ1n) is 6.63. The summed E-state index contributed by atoms with van der Waals surface area (Å²) in [6.45, 7) is 1.51. The Labute approximate surface area is 126 Å². The number of rotatable bonds is 13. The fourth-order valence-electron chi connectivity index (χ4n) is 1.67. The lowest BCUT2D eigenvalue weighted by Gasteiger charge is -2.25. The second-order valence-electron chi connectivity index (χ2n) is 4.32. The highest BCUT2D eigenvalue weighted by Crippen LogP contribution is 2.47. The zero-order chi connectivity index (χ0) is 16.4. The Bertz CT molecular complexity index is 320. The van der Waals surface area contributed by atoms with Gasteiger partial charge >= 0.3 is 15.2 Å². The van der Waals surface area contributed by atoms with E-state index in [0.29, 0.717) is 26.1 Å². The van der Waals surface area contributed by atoms with Gasteiger partial charge in [0.2, 0.25) is 0 Å². The summed E-state index contributed by atoms with van der Waals surface area (Å²) >= 11 is 0. The van der Waals surface area contributed by atoms with Crippen molar-refractivity contribution in [3.63, 3.8) is 0 Å². The molecule has 0 aromatic rings. The Balaban J connectivity index is 4.52. The van der Waals surface area contributed by atoms with E-state index >= 15 is 0 Å². The average molecular weight is 347 g/mol. The predicted molar refractivity (Wildman–Crippen MR) is 81.1 cm³/mol. The van der Waals surface area contributed by atoms with Crippen LogP contribution in [0, 0.1) is 0 Å². The van der Waals surface area contributed by atoms with Crippen LogP contribution in [0.15, 0.2) is 0 Å². The predicted octanol–water partition coefficient (Wildman–Crippen LogP) is 1.64. The highest BCUT2D eigenvalue weighted by Gasteiger charge is 2.25. The third-order valence-electron chi connectivity index (χ3n) is 3.13. The maximum atomic E-state index is 12.0. The number of aliphatic hydroxyl groups excluding tert-OH is 1. The molecule has 0 fully saturated rings. The lowest BCUT2D eigenvalue weighted by atomic mass is 10.4. The molecule has 0 aromatic heterocycles. The van der Waals surface area contributed by atoms with Crippen molar-refractivity contribution in [1.29, 1.82) is 0 Å². The SMILES string of the molecule is COP(=O)(CCN(CCCO)CCP(=O)(OC)OC)OC. The van der Waals surface area contributed by atoms with Gasteiger partial charge in [0.15, 0.2) is 0 Å². The molecule has 1 N–H and O–H groups in total. The van der Waals surface area contributed by atoms with E-state index in [2.05, 4.69) is 0 Å². The van der Waals surface area contributed by atoms with Gasteiger partial charge in [0, 0.05) is 54.7 Å². The van der Waals surface area contributed by atoms with Crippen LogP contribution in [-0.2, 0) is 27.2 Å². The fourth-order valence-corrected chi connectivity index (χ4v) is 3.76. The third-order valence-corrected chi connectivity index (χ3v) is 6.85. The largest absolute Gasteiger partial charge is 0.396 e. The van der Waals surface area contributed by atoms with Crippen molar-refractivity contribution in [1.82, 2.24) is 4.90 Å². The summed E-state index contributed by atoms with van der Waals surface area (Å²) in [5.74, 6) is 0. The van der Waals surface area contributed by atoms with Crippen LogP contribution in [0.2, 0.25) is 0 Å². The van der Waals surface area contributed by atoms with Gasteiger partial charge in [-0.05, 0) is 6.42 Å². The summed E-state index contributed by atoms with van der Waals surface area (Å²) in [5.41, 5.74) is 0. The van der Waals surface area contributed by atoms with E-state index in [1.807, 2.05) is 4.90 Å². The lowest BCUT2D eigenvalue weighted by molar-refractivity contribution is 0.223. The molecule has 0 saturated carbocycles. The number of nitrogens with zero attached hydrogens (tertiary/aromatic N) is 1. The van der Waals surface area contributed by atoms with E-state index in [-0.39, 0.29) is 18.9 Å². The maximum Gasteiger partial charge on any atom is 0.331 e. The summed E-state index contributed by atoms with van der Waals surface area (Å²) in [6.07, 6.45) is 1.000. The average Bonchev–Trinajstić information content (AvgIpc) is 2.53. The Morgan fingerprint density at radius 2 is 1.19 bits per heavy atom. The van der Waals surface area contributed by atoms with Gasteiger partial charge in [-0.1, -0.05) is 0 Å². The van der Waals surface area contributed by atoms with Crippen LogP contribution in [0.1, 0.15) is 6.42 Å². The molecule has 0 unspecified atom stereocenters. The van der Waals surface area contributed by atoms with Crippen molar-refractivity contribution in [3.8, 4) is 0 Å². The van der Waals surface area contributed by atoms with Crippen molar-refractivity contribution >= 4 is 15.2 Å². The van der Waals surface area contributed by atoms with Gasteiger partial charge < -0.3 is 28.1 Å². The number of hydrogen-bond donors (Lipinski definition) is 1. The molecule has 0 heterocycles. The summed E-state index contributed by atoms with van der Waals surface area (Å²) in [4.78, 5) is 1.92. The Morgan fingerprint density at radius 1 is 0.810 bits per heavy atom. The van der Waals surface area contributed by atoms with Crippen LogP contribution in [0.25, 0.3) is 0 Å². The fraction of sp³-hybridized carbons (Fsp3) is 1.00. The normalized spacial score (nSPS) is 13.0. The highest BCUT2D eigenvalue weighted by molar-refractivity contribution is 7.54. The second-order valence-corrected chi connectivity index (χ2v) is 9.12. The van der Waals surface area contributed by atoms with Crippen molar-refractivity contribution in [3.05, 3.63) is 0 Å². The van der Waals surface area contributed by atoms with Gasteiger partial charge in [-0.3, -0.25) is 9.13 Å².